The fraction of sp³-hybridized carbons (Fsp3) is 0.278. The average molecular weight is 280 g/mol. The van der Waals surface area contributed by atoms with Gasteiger partial charge in [0.2, 0.25) is 5.91 Å². The molecule has 0 atom stereocenters. The predicted molar refractivity (Wildman–Crippen MR) is 86.6 cm³/mol. The number of aryl methyl sites for hydroxylation is 1. The van der Waals surface area contributed by atoms with Crippen LogP contribution < -0.4 is 10.6 Å². The van der Waals surface area contributed by atoms with E-state index in [0.717, 1.165) is 37.2 Å². The Hall–Kier alpha value is -2.29. The molecule has 108 valence electrons. The molecule has 1 amide bonds. The zero-order valence-electron chi connectivity index (χ0n) is 12.1. The molecule has 1 aliphatic heterocycles. The van der Waals surface area contributed by atoms with Gasteiger partial charge in [-0.3, -0.25) is 4.79 Å². The Morgan fingerprint density at radius 2 is 1.95 bits per heavy atom. The molecule has 2 aromatic carbocycles. The summed E-state index contributed by atoms with van der Waals surface area (Å²) >= 11 is 0. The number of benzene rings is 2. The molecule has 0 saturated carbocycles. The molecule has 0 saturated heterocycles. The summed E-state index contributed by atoms with van der Waals surface area (Å²) in [5.41, 5.74) is 4.54. The maximum absolute atomic E-state index is 12.1. The normalized spacial score (nSPS) is 13.1. The van der Waals surface area contributed by atoms with E-state index < -0.39 is 0 Å². The van der Waals surface area contributed by atoms with Crippen LogP contribution in [0.25, 0.3) is 0 Å². The molecule has 2 aromatic rings. The minimum absolute atomic E-state index is 0.0813. The molecule has 1 heterocycles. The fourth-order valence-corrected chi connectivity index (χ4v) is 2.74. The number of rotatable bonds is 4. The van der Waals surface area contributed by atoms with Crippen molar-refractivity contribution < 1.29 is 4.79 Å². The van der Waals surface area contributed by atoms with Crippen LogP contribution in [0.3, 0.4) is 0 Å². The zero-order chi connectivity index (χ0) is 14.5. The van der Waals surface area contributed by atoms with E-state index in [1.165, 1.54) is 11.1 Å². The highest BCUT2D eigenvalue weighted by molar-refractivity contribution is 5.92. The van der Waals surface area contributed by atoms with Crippen molar-refractivity contribution in [3.05, 3.63) is 59.7 Å². The Balaban J connectivity index is 1.63. The van der Waals surface area contributed by atoms with Crippen molar-refractivity contribution in [1.29, 1.82) is 0 Å². The molecule has 0 radical (unpaired) electrons. The van der Waals surface area contributed by atoms with Crippen molar-refractivity contribution in [2.75, 3.05) is 17.2 Å². The van der Waals surface area contributed by atoms with Crippen molar-refractivity contribution in [3.8, 4) is 0 Å². The van der Waals surface area contributed by atoms with Gasteiger partial charge in [-0.25, -0.2) is 0 Å². The van der Waals surface area contributed by atoms with Gasteiger partial charge in [0.25, 0.3) is 0 Å². The van der Waals surface area contributed by atoms with Gasteiger partial charge in [-0.15, -0.1) is 0 Å². The van der Waals surface area contributed by atoms with E-state index in [2.05, 4.69) is 28.8 Å². The van der Waals surface area contributed by atoms with Crippen molar-refractivity contribution in [3.63, 3.8) is 0 Å². The quantitative estimate of drug-likeness (QED) is 0.898. The van der Waals surface area contributed by atoms with E-state index >= 15 is 0 Å². The molecule has 1 aliphatic rings. The molecule has 0 spiro atoms. The summed E-state index contributed by atoms with van der Waals surface area (Å²) < 4.78 is 0. The lowest BCUT2D eigenvalue weighted by molar-refractivity contribution is -0.116. The number of hydrogen-bond donors (Lipinski definition) is 2. The molecule has 0 unspecified atom stereocenters. The Morgan fingerprint density at radius 3 is 2.81 bits per heavy atom. The van der Waals surface area contributed by atoms with Gasteiger partial charge in [0.15, 0.2) is 0 Å². The van der Waals surface area contributed by atoms with Crippen LogP contribution in [-0.4, -0.2) is 12.5 Å². The maximum Gasteiger partial charge on any atom is 0.224 e. The van der Waals surface area contributed by atoms with Gasteiger partial charge >= 0.3 is 0 Å². The highest BCUT2D eigenvalue weighted by Gasteiger charge is 2.13. The molecule has 21 heavy (non-hydrogen) atoms. The molecule has 0 aromatic heterocycles. The second-order valence-corrected chi connectivity index (χ2v) is 5.40. The predicted octanol–water partition coefficient (Wildman–Crippen LogP) is 3.62. The van der Waals surface area contributed by atoms with Crippen molar-refractivity contribution in [2.24, 2.45) is 0 Å². The van der Waals surface area contributed by atoms with Crippen LogP contribution >= 0.6 is 0 Å². The van der Waals surface area contributed by atoms with Gasteiger partial charge in [-0.2, -0.15) is 0 Å². The summed E-state index contributed by atoms with van der Waals surface area (Å²) in [5, 5.41) is 6.44. The zero-order valence-corrected chi connectivity index (χ0v) is 12.1. The second-order valence-electron chi connectivity index (χ2n) is 5.40. The van der Waals surface area contributed by atoms with Crippen LogP contribution in [-0.2, 0) is 17.6 Å². The summed E-state index contributed by atoms with van der Waals surface area (Å²) in [6, 6.07) is 16.2. The number of hydrogen-bond acceptors (Lipinski definition) is 2. The van der Waals surface area contributed by atoms with Crippen molar-refractivity contribution in [1.82, 2.24) is 0 Å². The van der Waals surface area contributed by atoms with Crippen LogP contribution in [0.5, 0.6) is 0 Å². The van der Waals surface area contributed by atoms with Crippen molar-refractivity contribution in [2.45, 2.75) is 25.7 Å². The minimum atomic E-state index is 0.0813. The minimum Gasteiger partial charge on any atom is -0.385 e. The topological polar surface area (TPSA) is 41.1 Å². The third kappa shape index (κ3) is 3.43. The molecule has 3 nitrogen and oxygen atoms in total. The Kier molecular flexibility index (Phi) is 4.20. The Morgan fingerprint density at radius 1 is 1.10 bits per heavy atom. The van der Waals surface area contributed by atoms with E-state index in [9.17, 15) is 4.79 Å². The van der Waals surface area contributed by atoms with Gasteiger partial charge in [0.05, 0.1) is 0 Å². The van der Waals surface area contributed by atoms with Gasteiger partial charge in [0, 0.05) is 24.3 Å². The summed E-state index contributed by atoms with van der Waals surface area (Å²) in [5.74, 6) is 0.0813. The first-order chi connectivity index (χ1) is 10.3. The number of anilines is 2. The van der Waals surface area contributed by atoms with E-state index in [-0.39, 0.29) is 5.91 Å². The smallest absolute Gasteiger partial charge is 0.224 e. The first-order valence-corrected chi connectivity index (χ1v) is 7.52. The standard InChI is InChI=1S/C18H20N2O/c21-18(12-11-14-6-2-1-3-7-14)20-17-10-4-9-16-15(17)8-5-13-19-16/h1-4,6-7,9-10,19H,5,8,11-13H2,(H,20,21). The number of nitrogens with one attached hydrogen (secondary N) is 2. The summed E-state index contributed by atoms with van der Waals surface area (Å²) in [6.45, 7) is 1.01. The molecule has 0 aliphatic carbocycles. The van der Waals surface area contributed by atoms with Gasteiger partial charge < -0.3 is 10.6 Å². The molecular weight excluding hydrogens is 260 g/mol. The highest BCUT2D eigenvalue weighted by atomic mass is 16.1. The average Bonchev–Trinajstić information content (AvgIpc) is 2.54. The monoisotopic (exact) mass is 280 g/mol. The summed E-state index contributed by atoms with van der Waals surface area (Å²) in [6.07, 6.45) is 3.43. The SMILES string of the molecule is O=C(CCc1ccccc1)Nc1cccc2c1CCCN2. The lowest BCUT2D eigenvalue weighted by Crippen LogP contribution is -2.17. The Bertz CT molecular complexity index is 622. The maximum atomic E-state index is 12.1. The van der Waals surface area contributed by atoms with E-state index in [1.807, 2.05) is 30.3 Å². The molecular formula is C18H20N2O. The number of carbonyl (C=O) groups excluding carboxylic acids is 1. The molecule has 3 rings (SSSR count). The van der Waals surface area contributed by atoms with E-state index in [4.69, 9.17) is 0 Å². The number of carbonyl (C=O) groups is 1. The lowest BCUT2D eigenvalue weighted by Gasteiger charge is -2.21. The first-order valence-electron chi connectivity index (χ1n) is 7.52. The molecule has 0 bridgehead atoms. The number of amides is 1. The van der Waals surface area contributed by atoms with Crippen LogP contribution in [0.4, 0.5) is 11.4 Å². The lowest BCUT2D eigenvalue weighted by atomic mass is 10.0. The van der Waals surface area contributed by atoms with Crippen LogP contribution in [0.1, 0.15) is 24.0 Å². The third-order valence-corrected chi connectivity index (χ3v) is 3.85. The van der Waals surface area contributed by atoms with E-state index in [0.29, 0.717) is 6.42 Å². The van der Waals surface area contributed by atoms with Gasteiger partial charge in [0.1, 0.15) is 0 Å². The molecule has 2 N–H and O–H groups in total. The second kappa shape index (κ2) is 6.44. The summed E-state index contributed by atoms with van der Waals surface area (Å²) in [4.78, 5) is 12.1. The molecule has 3 heteroatoms. The summed E-state index contributed by atoms with van der Waals surface area (Å²) in [7, 11) is 0. The Labute approximate surface area is 125 Å². The largest absolute Gasteiger partial charge is 0.385 e. The number of fused-ring (bicyclic) bond motifs is 1. The van der Waals surface area contributed by atoms with Gasteiger partial charge in [-0.1, -0.05) is 36.4 Å². The molecule has 0 fully saturated rings. The van der Waals surface area contributed by atoms with Gasteiger partial charge in [-0.05, 0) is 42.5 Å². The van der Waals surface area contributed by atoms with Crippen LogP contribution in [0, 0.1) is 0 Å². The van der Waals surface area contributed by atoms with Crippen molar-refractivity contribution >= 4 is 17.3 Å². The van der Waals surface area contributed by atoms with Crippen LogP contribution in [0.15, 0.2) is 48.5 Å². The third-order valence-electron chi connectivity index (χ3n) is 3.85. The fourth-order valence-electron chi connectivity index (χ4n) is 2.74. The van der Waals surface area contributed by atoms with Crippen LogP contribution in [0.2, 0.25) is 0 Å². The first kappa shape index (κ1) is 13.7. The highest BCUT2D eigenvalue weighted by Crippen LogP contribution is 2.28. The van der Waals surface area contributed by atoms with E-state index in [1.54, 1.807) is 0 Å².